The molecule has 0 radical (unpaired) electrons. The predicted molar refractivity (Wildman–Crippen MR) is 63.2 cm³/mol. The standard InChI is InChI=1S/C12H9FN4/c13-9-1-2-10-8(7-9)4-6-17(10)11-3-5-15-12(14)16-11/h1-7H,(H2,14,15,16). The second kappa shape index (κ2) is 3.55. The van der Waals surface area contributed by atoms with Crippen LogP contribution in [0.2, 0.25) is 0 Å². The van der Waals surface area contributed by atoms with Gasteiger partial charge in [0.05, 0.1) is 5.52 Å². The quantitative estimate of drug-likeness (QED) is 0.694. The van der Waals surface area contributed by atoms with Crippen LogP contribution in [0.1, 0.15) is 0 Å². The van der Waals surface area contributed by atoms with Crippen LogP contribution in [-0.2, 0) is 0 Å². The largest absolute Gasteiger partial charge is 0.368 e. The Labute approximate surface area is 96.5 Å². The number of nitrogens with zero attached hydrogens (tertiary/aromatic N) is 3. The summed E-state index contributed by atoms with van der Waals surface area (Å²) < 4.78 is 14.9. The van der Waals surface area contributed by atoms with Crippen LogP contribution in [0.4, 0.5) is 10.3 Å². The molecule has 17 heavy (non-hydrogen) atoms. The molecule has 0 spiro atoms. The van der Waals surface area contributed by atoms with Gasteiger partial charge in [-0.25, -0.2) is 9.37 Å². The van der Waals surface area contributed by atoms with Crippen molar-refractivity contribution in [2.45, 2.75) is 0 Å². The number of aromatic nitrogens is 3. The van der Waals surface area contributed by atoms with E-state index in [2.05, 4.69) is 9.97 Å². The average Bonchev–Trinajstić information content (AvgIpc) is 2.71. The Morgan fingerprint density at radius 2 is 2.06 bits per heavy atom. The van der Waals surface area contributed by atoms with Gasteiger partial charge in [0.25, 0.3) is 0 Å². The summed E-state index contributed by atoms with van der Waals surface area (Å²) in [6.45, 7) is 0. The normalized spacial score (nSPS) is 10.9. The minimum atomic E-state index is -0.252. The Morgan fingerprint density at radius 1 is 1.18 bits per heavy atom. The zero-order valence-corrected chi connectivity index (χ0v) is 8.84. The Kier molecular flexibility index (Phi) is 2.04. The summed E-state index contributed by atoms with van der Waals surface area (Å²) in [5.41, 5.74) is 6.42. The summed E-state index contributed by atoms with van der Waals surface area (Å²) >= 11 is 0. The fourth-order valence-electron chi connectivity index (χ4n) is 1.81. The van der Waals surface area contributed by atoms with Gasteiger partial charge in [0.2, 0.25) is 5.95 Å². The molecular weight excluding hydrogens is 219 g/mol. The van der Waals surface area contributed by atoms with E-state index in [1.165, 1.54) is 12.1 Å². The molecular formula is C12H9FN4. The molecule has 0 saturated carbocycles. The molecule has 0 aliphatic carbocycles. The van der Waals surface area contributed by atoms with Crippen LogP contribution >= 0.6 is 0 Å². The van der Waals surface area contributed by atoms with Crippen molar-refractivity contribution in [3.8, 4) is 5.82 Å². The van der Waals surface area contributed by atoms with Crippen LogP contribution in [0.5, 0.6) is 0 Å². The van der Waals surface area contributed by atoms with Crippen molar-refractivity contribution in [2.24, 2.45) is 0 Å². The molecule has 2 N–H and O–H groups in total. The van der Waals surface area contributed by atoms with Gasteiger partial charge in [-0.1, -0.05) is 0 Å². The van der Waals surface area contributed by atoms with Gasteiger partial charge in [-0.05, 0) is 30.3 Å². The van der Waals surface area contributed by atoms with Gasteiger partial charge in [-0.3, -0.25) is 0 Å². The smallest absolute Gasteiger partial charge is 0.221 e. The van der Waals surface area contributed by atoms with Gasteiger partial charge in [0.15, 0.2) is 0 Å². The lowest BCUT2D eigenvalue weighted by Crippen LogP contribution is -2.00. The number of rotatable bonds is 1. The number of halogens is 1. The molecule has 0 saturated heterocycles. The molecule has 2 heterocycles. The van der Waals surface area contributed by atoms with Crippen molar-refractivity contribution < 1.29 is 4.39 Å². The first kappa shape index (κ1) is 9.77. The number of hydrogen-bond acceptors (Lipinski definition) is 3. The minimum Gasteiger partial charge on any atom is -0.368 e. The highest BCUT2D eigenvalue weighted by Crippen LogP contribution is 2.20. The maximum absolute atomic E-state index is 13.1. The molecule has 0 aliphatic heterocycles. The lowest BCUT2D eigenvalue weighted by atomic mass is 10.2. The van der Waals surface area contributed by atoms with Crippen molar-refractivity contribution in [1.29, 1.82) is 0 Å². The molecule has 0 bridgehead atoms. The lowest BCUT2D eigenvalue weighted by molar-refractivity contribution is 0.629. The fourth-order valence-corrected chi connectivity index (χ4v) is 1.81. The Balaban J connectivity index is 2.24. The van der Waals surface area contributed by atoms with E-state index < -0.39 is 0 Å². The van der Waals surface area contributed by atoms with Crippen molar-refractivity contribution in [3.05, 3.63) is 48.5 Å². The first-order chi connectivity index (χ1) is 8.24. The van der Waals surface area contributed by atoms with E-state index in [0.29, 0.717) is 5.82 Å². The van der Waals surface area contributed by atoms with E-state index in [1.54, 1.807) is 18.3 Å². The first-order valence-electron chi connectivity index (χ1n) is 5.09. The molecule has 0 fully saturated rings. The lowest BCUT2D eigenvalue weighted by Gasteiger charge is -2.04. The summed E-state index contributed by atoms with van der Waals surface area (Å²) in [6.07, 6.45) is 3.42. The summed E-state index contributed by atoms with van der Waals surface area (Å²) in [5, 5.41) is 0.821. The second-order valence-electron chi connectivity index (χ2n) is 3.66. The maximum atomic E-state index is 13.1. The van der Waals surface area contributed by atoms with E-state index in [9.17, 15) is 4.39 Å². The van der Waals surface area contributed by atoms with Crippen molar-refractivity contribution in [2.75, 3.05) is 5.73 Å². The van der Waals surface area contributed by atoms with Crippen molar-refractivity contribution in [3.63, 3.8) is 0 Å². The molecule has 0 unspecified atom stereocenters. The summed E-state index contributed by atoms with van der Waals surface area (Å²) in [4.78, 5) is 7.96. The SMILES string of the molecule is Nc1nccc(-n2ccc3cc(F)ccc32)n1. The third kappa shape index (κ3) is 1.61. The third-order valence-corrected chi connectivity index (χ3v) is 2.56. The van der Waals surface area contributed by atoms with E-state index in [0.717, 1.165) is 10.9 Å². The molecule has 2 aromatic heterocycles. The Hall–Kier alpha value is -2.43. The Bertz CT molecular complexity index is 690. The minimum absolute atomic E-state index is 0.214. The number of nitrogens with two attached hydrogens (primary N) is 1. The van der Waals surface area contributed by atoms with Crippen LogP contribution in [0.3, 0.4) is 0 Å². The van der Waals surface area contributed by atoms with Crippen molar-refractivity contribution in [1.82, 2.24) is 14.5 Å². The van der Waals surface area contributed by atoms with Gasteiger partial charge in [-0.2, -0.15) is 4.98 Å². The predicted octanol–water partition coefficient (Wildman–Crippen LogP) is 2.14. The highest BCUT2D eigenvalue weighted by molar-refractivity contribution is 5.81. The molecule has 0 amide bonds. The zero-order chi connectivity index (χ0) is 11.8. The van der Waals surface area contributed by atoms with Gasteiger partial charge in [0, 0.05) is 17.8 Å². The summed E-state index contributed by atoms with van der Waals surface area (Å²) in [7, 11) is 0. The molecule has 0 atom stereocenters. The van der Waals surface area contributed by atoms with E-state index in [1.807, 2.05) is 16.8 Å². The van der Waals surface area contributed by atoms with Gasteiger partial charge in [-0.15, -0.1) is 0 Å². The van der Waals surface area contributed by atoms with Crippen LogP contribution < -0.4 is 5.73 Å². The van der Waals surface area contributed by atoms with Crippen molar-refractivity contribution >= 4 is 16.9 Å². The highest BCUT2D eigenvalue weighted by atomic mass is 19.1. The molecule has 3 rings (SSSR count). The monoisotopic (exact) mass is 228 g/mol. The number of hydrogen-bond donors (Lipinski definition) is 1. The summed E-state index contributed by atoms with van der Waals surface area (Å²) in [6, 6.07) is 8.19. The molecule has 1 aromatic carbocycles. The van der Waals surface area contributed by atoms with Crippen LogP contribution in [0.15, 0.2) is 42.7 Å². The van der Waals surface area contributed by atoms with Crippen LogP contribution in [-0.4, -0.2) is 14.5 Å². The molecule has 4 nitrogen and oxygen atoms in total. The third-order valence-electron chi connectivity index (χ3n) is 2.56. The Morgan fingerprint density at radius 3 is 2.88 bits per heavy atom. The van der Waals surface area contributed by atoms with E-state index in [-0.39, 0.29) is 11.8 Å². The topological polar surface area (TPSA) is 56.7 Å². The fraction of sp³-hybridized carbons (Fsp3) is 0. The summed E-state index contributed by atoms with van der Waals surface area (Å²) in [5.74, 6) is 0.628. The highest BCUT2D eigenvalue weighted by Gasteiger charge is 2.05. The van der Waals surface area contributed by atoms with Crippen LogP contribution in [0.25, 0.3) is 16.7 Å². The molecule has 3 aromatic rings. The molecule has 0 aliphatic rings. The van der Waals surface area contributed by atoms with E-state index >= 15 is 0 Å². The van der Waals surface area contributed by atoms with Crippen LogP contribution in [0, 0.1) is 5.82 Å². The maximum Gasteiger partial charge on any atom is 0.221 e. The number of fused-ring (bicyclic) bond motifs is 1. The average molecular weight is 228 g/mol. The number of anilines is 1. The van der Waals surface area contributed by atoms with Gasteiger partial charge in [0.1, 0.15) is 11.6 Å². The second-order valence-corrected chi connectivity index (χ2v) is 3.66. The van der Waals surface area contributed by atoms with Gasteiger partial charge >= 0.3 is 0 Å². The number of benzene rings is 1. The molecule has 84 valence electrons. The molecule has 5 heteroatoms. The zero-order valence-electron chi connectivity index (χ0n) is 8.84. The van der Waals surface area contributed by atoms with Gasteiger partial charge < -0.3 is 10.3 Å². The number of nitrogen functional groups attached to an aromatic ring is 1. The van der Waals surface area contributed by atoms with E-state index in [4.69, 9.17) is 5.73 Å². The first-order valence-corrected chi connectivity index (χ1v) is 5.09.